The van der Waals surface area contributed by atoms with E-state index in [1.54, 1.807) is 12.1 Å². The Labute approximate surface area is 104 Å². The van der Waals surface area contributed by atoms with Crippen LogP contribution in [0, 0.1) is 6.92 Å². The molecule has 0 bridgehead atoms. The summed E-state index contributed by atoms with van der Waals surface area (Å²) in [4.78, 5) is 23.1. The summed E-state index contributed by atoms with van der Waals surface area (Å²) in [7, 11) is 0. The number of allylic oxidation sites excluding steroid dienone is 1. The number of ketones is 1. The lowest BCUT2D eigenvalue weighted by Gasteiger charge is -1.98. The van der Waals surface area contributed by atoms with Crippen molar-refractivity contribution < 1.29 is 9.59 Å². The molecule has 2 rings (SSSR count). The van der Waals surface area contributed by atoms with Gasteiger partial charge in [0.05, 0.1) is 0 Å². The first-order valence-electron chi connectivity index (χ1n) is 5.01. The predicted octanol–water partition coefficient (Wildman–Crippen LogP) is 1.07. The molecule has 1 aromatic rings. The van der Waals surface area contributed by atoms with Crippen molar-refractivity contribution in [1.82, 2.24) is 10.6 Å². The molecule has 4 nitrogen and oxygen atoms in total. The molecule has 1 aromatic carbocycles. The van der Waals surface area contributed by atoms with Crippen LogP contribution >= 0.6 is 12.2 Å². The van der Waals surface area contributed by atoms with E-state index in [2.05, 4.69) is 10.6 Å². The lowest BCUT2D eigenvalue weighted by molar-refractivity contribution is -0.115. The second-order valence-electron chi connectivity index (χ2n) is 3.70. The molecule has 1 aliphatic rings. The zero-order valence-corrected chi connectivity index (χ0v) is 9.93. The van der Waals surface area contributed by atoms with E-state index in [1.165, 1.54) is 6.08 Å². The van der Waals surface area contributed by atoms with Crippen LogP contribution in [0.2, 0.25) is 0 Å². The highest BCUT2D eigenvalue weighted by Crippen LogP contribution is 2.07. The number of carbonyl (C=O) groups excluding carboxylic acids is 2. The van der Waals surface area contributed by atoms with Gasteiger partial charge in [0, 0.05) is 11.6 Å². The van der Waals surface area contributed by atoms with E-state index >= 15 is 0 Å². The summed E-state index contributed by atoms with van der Waals surface area (Å²) in [5, 5.41) is 5.24. The molecule has 1 aliphatic heterocycles. The van der Waals surface area contributed by atoms with Crippen molar-refractivity contribution in [1.29, 1.82) is 0 Å². The van der Waals surface area contributed by atoms with Crippen LogP contribution in [0.25, 0.3) is 0 Å². The fourth-order valence-electron chi connectivity index (χ4n) is 1.41. The first-order valence-corrected chi connectivity index (χ1v) is 5.42. The summed E-state index contributed by atoms with van der Waals surface area (Å²) in [6, 6.07) is 7.14. The van der Waals surface area contributed by atoms with Crippen LogP contribution < -0.4 is 10.6 Å². The number of nitrogens with one attached hydrogen (secondary N) is 2. The zero-order chi connectivity index (χ0) is 12.4. The Morgan fingerprint density at radius 1 is 1.24 bits per heavy atom. The minimum absolute atomic E-state index is 0.181. The number of hydrogen-bond acceptors (Lipinski definition) is 3. The smallest absolute Gasteiger partial charge is 0.274 e. The van der Waals surface area contributed by atoms with Crippen molar-refractivity contribution in [3.8, 4) is 0 Å². The number of rotatable bonds is 2. The molecular formula is C12H10N2O2S. The standard InChI is InChI=1S/C12H10N2O2S/c1-7-2-4-8(5-3-7)10(15)6-9-11(16)14-12(17)13-9/h2-6H,1H3,(H2,13,14,16,17)/b9-6-. The van der Waals surface area contributed by atoms with E-state index in [0.717, 1.165) is 5.56 Å². The molecule has 0 unspecified atom stereocenters. The van der Waals surface area contributed by atoms with Gasteiger partial charge in [-0.25, -0.2) is 0 Å². The molecule has 0 atom stereocenters. The third-order valence-electron chi connectivity index (χ3n) is 2.33. The maximum Gasteiger partial charge on any atom is 0.274 e. The lowest BCUT2D eigenvalue weighted by Crippen LogP contribution is -2.21. The molecule has 0 radical (unpaired) electrons. The van der Waals surface area contributed by atoms with Crippen LogP contribution in [0.4, 0.5) is 0 Å². The van der Waals surface area contributed by atoms with Gasteiger partial charge in [-0.1, -0.05) is 29.8 Å². The largest absolute Gasteiger partial charge is 0.328 e. The van der Waals surface area contributed by atoms with Crippen LogP contribution in [0.5, 0.6) is 0 Å². The van der Waals surface area contributed by atoms with Crippen LogP contribution in [-0.4, -0.2) is 16.8 Å². The second-order valence-corrected chi connectivity index (χ2v) is 4.10. The van der Waals surface area contributed by atoms with E-state index < -0.39 is 0 Å². The van der Waals surface area contributed by atoms with Gasteiger partial charge in [0.15, 0.2) is 10.9 Å². The highest BCUT2D eigenvalue weighted by Gasteiger charge is 2.21. The average molecular weight is 246 g/mol. The topological polar surface area (TPSA) is 58.2 Å². The number of benzene rings is 1. The van der Waals surface area contributed by atoms with Gasteiger partial charge in [0.25, 0.3) is 5.91 Å². The maximum absolute atomic E-state index is 11.8. The second kappa shape index (κ2) is 4.47. The van der Waals surface area contributed by atoms with Crippen molar-refractivity contribution in [2.24, 2.45) is 0 Å². The van der Waals surface area contributed by atoms with Gasteiger partial charge in [-0.2, -0.15) is 0 Å². The number of aryl methyl sites for hydroxylation is 1. The Morgan fingerprint density at radius 2 is 1.88 bits per heavy atom. The van der Waals surface area contributed by atoms with Crippen molar-refractivity contribution in [2.75, 3.05) is 0 Å². The maximum atomic E-state index is 11.8. The molecule has 1 saturated heterocycles. The summed E-state index contributed by atoms with van der Waals surface area (Å²) in [6.45, 7) is 1.94. The Hall–Kier alpha value is -2.01. The van der Waals surface area contributed by atoms with E-state index in [1.807, 2.05) is 19.1 Å². The van der Waals surface area contributed by atoms with Crippen LogP contribution in [0.15, 0.2) is 36.0 Å². The fourth-order valence-corrected chi connectivity index (χ4v) is 1.62. The summed E-state index contributed by atoms with van der Waals surface area (Å²) in [5.74, 6) is -0.609. The first-order chi connectivity index (χ1) is 8.06. The summed E-state index contributed by atoms with van der Waals surface area (Å²) in [6.07, 6.45) is 1.25. The summed E-state index contributed by atoms with van der Waals surface area (Å²) < 4.78 is 0. The van der Waals surface area contributed by atoms with E-state index in [9.17, 15) is 9.59 Å². The average Bonchev–Trinajstić information content (AvgIpc) is 2.58. The van der Waals surface area contributed by atoms with Gasteiger partial charge < -0.3 is 5.32 Å². The summed E-state index contributed by atoms with van der Waals surface area (Å²) in [5.41, 5.74) is 1.79. The number of thiocarbonyl (C=S) groups is 1. The molecule has 17 heavy (non-hydrogen) atoms. The van der Waals surface area contributed by atoms with Crippen molar-refractivity contribution in [3.63, 3.8) is 0 Å². The fraction of sp³-hybridized carbons (Fsp3) is 0.0833. The molecule has 1 fully saturated rings. The third-order valence-corrected chi connectivity index (χ3v) is 2.54. The normalized spacial score (nSPS) is 16.9. The monoisotopic (exact) mass is 246 g/mol. The Bertz CT molecular complexity index is 532. The quantitative estimate of drug-likeness (QED) is 0.465. The highest BCUT2D eigenvalue weighted by atomic mass is 32.1. The molecule has 2 N–H and O–H groups in total. The van der Waals surface area contributed by atoms with Gasteiger partial charge >= 0.3 is 0 Å². The molecular weight excluding hydrogens is 236 g/mol. The molecule has 1 amide bonds. The molecule has 86 valence electrons. The minimum atomic E-state index is -0.379. The SMILES string of the molecule is Cc1ccc(C(=O)/C=C2\NC(=S)NC2=O)cc1. The molecule has 5 heteroatoms. The lowest BCUT2D eigenvalue weighted by atomic mass is 10.1. The molecule has 0 aliphatic carbocycles. The minimum Gasteiger partial charge on any atom is -0.328 e. The van der Waals surface area contributed by atoms with Gasteiger partial charge in [0.2, 0.25) is 0 Å². The van der Waals surface area contributed by atoms with E-state index in [-0.39, 0.29) is 22.5 Å². The molecule has 0 aromatic heterocycles. The zero-order valence-electron chi connectivity index (χ0n) is 9.11. The Balaban J connectivity index is 2.22. The van der Waals surface area contributed by atoms with Crippen molar-refractivity contribution >= 4 is 29.0 Å². The number of amides is 1. The first kappa shape index (κ1) is 11.5. The highest BCUT2D eigenvalue weighted by molar-refractivity contribution is 7.80. The van der Waals surface area contributed by atoms with Gasteiger partial charge in [-0.15, -0.1) is 0 Å². The third kappa shape index (κ3) is 2.57. The van der Waals surface area contributed by atoms with Gasteiger partial charge in [0.1, 0.15) is 5.70 Å². The Morgan fingerprint density at radius 3 is 2.41 bits per heavy atom. The number of hydrogen-bond donors (Lipinski definition) is 2. The van der Waals surface area contributed by atoms with Gasteiger partial charge in [-0.05, 0) is 19.1 Å². The van der Waals surface area contributed by atoms with Gasteiger partial charge in [-0.3, -0.25) is 14.9 Å². The molecule has 0 spiro atoms. The van der Waals surface area contributed by atoms with Crippen LogP contribution in [0.3, 0.4) is 0 Å². The van der Waals surface area contributed by atoms with Crippen LogP contribution in [-0.2, 0) is 4.79 Å². The van der Waals surface area contributed by atoms with E-state index in [4.69, 9.17) is 12.2 Å². The number of carbonyl (C=O) groups is 2. The molecule has 1 heterocycles. The molecule has 0 saturated carbocycles. The van der Waals surface area contributed by atoms with Crippen molar-refractivity contribution in [3.05, 3.63) is 47.2 Å². The van der Waals surface area contributed by atoms with Crippen LogP contribution in [0.1, 0.15) is 15.9 Å². The van der Waals surface area contributed by atoms with E-state index in [0.29, 0.717) is 5.56 Å². The van der Waals surface area contributed by atoms with Crippen molar-refractivity contribution in [2.45, 2.75) is 6.92 Å². The Kier molecular flexibility index (Phi) is 3.01. The predicted molar refractivity (Wildman–Crippen MR) is 67.5 cm³/mol. The summed E-state index contributed by atoms with van der Waals surface area (Å²) >= 11 is 4.76.